The standard InChI is InChI=1S/C22H21BrN2O3/c1-3-25-20(12-13-24-25)21(26)10-4-16-5-11-22(27-2)17(14-16)15-28-19-8-6-18(23)7-9-19/h4-14H,3,15H2,1-2H3. The van der Waals surface area contributed by atoms with Crippen LogP contribution in [0.4, 0.5) is 0 Å². The largest absolute Gasteiger partial charge is 0.496 e. The first-order chi connectivity index (χ1) is 13.6. The minimum Gasteiger partial charge on any atom is -0.496 e. The SMILES string of the molecule is CCn1nccc1C(=O)C=Cc1ccc(OC)c(COc2ccc(Br)cc2)c1. The van der Waals surface area contributed by atoms with Crippen LogP contribution in [0.15, 0.2) is 65.3 Å². The lowest BCUT2D eigenvalue weighted by atomic mass is 10.1. The Morgan fingerprint density at radius 3 is 2.68 bits per heavy atom. The maximum Gasteiger partial charge on any atom is 0.203 e. The number of carbonyl (C=O) groups is 1. The fourth-order valence-electron chi connectivity index (χ4n) is 2.76. The average Bonchev–Trinajstić information content (AvgIpc) is 3.20. The van der Waals surface area contributed by atoms with E-state index in [1.807, 2.05) is 49.4 Å². The average molecular weight is 441 g/mol. The second-order valence-electron chi connectivity index (χ2n) is 6.04. The molecule has 28 heavy (non-hydrogen) atoms. The van der Waals surface area contributed by atoms with Crippen LogP contribution in [0.2, 0.25) is 0 Å². The van der Waals surface area contributed by atoms with Crippen molar-refractivity contribution in [3.63, 3.8) is 0 Å². The van der Waals surface area contributed by atoms with E-state index in [0.29, 0.717) is 18.8 Å². The van der Waals surface area contributed by atoms with E-state index < -0.39 is 0 Å². The van der Waals surface area contributed by atoms with E-state index in [1.165, 1.54) is 0 Å². The van der Waals surface area contributed by atoms with Crippen LogP contribution in [0, 0.1) is 0 Å². The summed E-state index contributed by atoms with van der Waals surface area (Å²) >= 11 is 3.41. The van der Waals surface area contributed by atoms with Crippen LogP contribution in [0.1, 0.15) is 28.5 Å². The Balaban J connectivity index is 1.74. The van der Waals surface area contributed by atoms with Gasteiger partial charge >= 0.3 is 0 Å². The molecule has 2 aromatic carbocycles. The smallest absolute Gasteiger partial charge is 0.203 e. The summed E-state index contributed by atoms with van der Waals surface area (Å²) in [4.78, 5) is 12.4. The van der Waals surface area contributed by atoms with Gasteiger partial charge in [0.05, 0.1) is 7.11 Å². The number of aromatic nitrogens is 2. The van der Waals surface area contributed by atoms with Gasteiger partial charge in [0.2, 0.25) is 5.78 Å². The van der Waals surface area contributed by atoms with Crippen LogP contribution in [0.5, 0.6) is 11.5 Å². The normalized spacial score (nSPS) is 11.0. The second kappa shape index (κ2) is 9.37. The lowest BCUT2D eigenvalue weighted by molar-refractivity contribution is 0.103. The number of allylic oxidation sites excluding steroid dienone is 1. The van der Waals surface area contributed by atoms with Crippen molar-refractivity contribution in [2.75, 3.05) is 7.11 Å². The molecular formula is C22H21BrN2O3. The number of halogens is 1. The van der Waals surface area contributed by atoms with E-state index in [1.54, 1.807) is 36.2 Å². The van der Waals surface area contributed by atoms with Crippen LogP contribution in [-0.4, -0.2) is 22.7 Å². The van der Waals surface area contributed by atoms with Gasteiger partial charge in [0.15, 0.2) is 0 Å². The maximum absolute atomic E-state index is 12.4. The van der Waals surface area contributed by atoms with Gasteiger partial charge in [-0.2, -0.15) is 5.10 Å². The molecule has 0 atom stereocenters. The van der Waals surface area contributed by atoms with Crippen LogP contribution in [0.3, 0.4) is 0 Å². The van der Waals surface area contributed by atoms with Crippen LogP contribution < -0.4 is 9.47 Å². The quantitative estimate of drug-likeness (QED) is 0.359. The predicted octanol–water partition coefficient (Wildman–Crippen LogP) is 5.15. The molecule has 0 aliphatic rings. The summed E-state index contributed by atoms with van der Waals surface area (Å²) in [7, 11) is 1.63. The second-order valence-corrected chi connectivity index (χ2v) is 6.96. The Morgan fingerprint density at radius 1 is 1.18 bits per heavy atom. The number of benzene rings is 2. The molecule has 0 spiro atoms. The molecule has 1 aromatic heterocycles. The van der Waals surface area contributed by atoms with Crippen molar-refractivity contribution in [3.05, 3.63) is 82.1 Å². The van der Waals surface area contributed by atoms with Gasteiger partial charge < -0.3 is 9.47 Å². The lowest BCUT2D eigenvalue weighted by Gasteiger charge is -2.11. The zero-order valence-corrected chi connectivity index (χ0v) is 17.3. The Hall–Kier alpha value is -2.86. The lowest BCUT2D eigenvalue weighted by Crippen LogP contribution is -2.07. The van der Waals surface area contributed by atoms with Gasteiger partial charge in [-0.1, -0.05) is 28.1 Å². The molecule has 3 aromatic rings. The molecule has 0 bridgehead atoms. The van der Waals surface area contributed by atoms with Gasteiger partial charge in [-0.05, 0) is 61.0 Å². The summed E-state index contributed by atoms with van der Waals surface area (Å²) in [6.45, 7) is 2.97. The topological polar surface area (TPSA) is 53.4 Å². The van der Waals surface area contributed by atoms with Crippen molar-refractivity contribution >= 4 is 27.8 Å². The van der Waals surface area contributed by atoms with Crippen molar-refractivity contribution in [2.45, 2.75) is 20.1 Å². The third-order valence-corrected chi connectivity index (χ3v) is 4.74. The number of ether oxygens (including phenoxy) is 2. The van der Waals surface area contributed by atoms with Gasteiger partial charge in [0.1, 0.15) is 23.8 Å². The number of rotatable bonds is 8. The first kappa shape index (κ1) is 19.9. The number of aryl methyl sites for hydroxylation is 1. The van der Waals surface area contributed by atoms with Crippen molar-refractivity contribution < 1.29 is 14.3 Å². The highest BCUT2D eigenvalue weighted by molar-refractivity contribution is 9.10. The van der Waals surface area contributed by atoms with Crippen molar-refractivity contribution in [1.82, 2.24) is 9.78 Å². The summed E-state index contributed by atoms with van der Waals surface area (Å²) in [5.41, 5.74) is 2.37. The molecular weight excluding hydrogens is 420 g/mol. The molecule has 0 aliphatic heterocycles. The molecule has 0 saturated carbocycles. The fourth-order valence-corrected chi connectivity index (χ4v) is 3.02. The summed E-state index contributed by atoms with van der Waals surface area (Å²) in [5.74, 6) is 1.43. The van der Waals surface area contributed by atoms with Crippen LogP contribution >= 0.6 is 15.9 Å². The Kier molecular flexibility index (Phi) is 6.66. The molecule has 0 N–H and O–H groups in total. The van der Waals surface area contributed by atoms with Gasteiger partial charge in [-0.15, -0.1) is 0 Å². The van der Waals surface area contributed by atoms with Crippen molar-refractivity contribution in [1.29, 1.82) is 0 Å². The van der Waals surface area contributed by atoms with E-state index in [0.717, 1.165) is 27.1 Å². The molecule has 0 aliphatic carbocycles. The summed E-state index contributed by atoms with van der Waals surface area (Å²) in [6, 6.07) is 15.1. The third-order valence-electron chi connectivity index (χ3n) is 4.21. The molecule has 144 valence electrons. The van der Waals surface area contributed by atoms with Crippen LogP contribution in [-0.2, 0) is 13.2 Å². The van der Waals surface area contributed by atoms with E-state index in [9.17, 15) is 4.79 Å². The summed E-state index contributed by atoms with van der Waals surface area (Å²) in [5, 5.41) is 4.13. The minimum absolute atomic E-state index is 0.0807. The van der Waals surface area contributed by atoms with E-state index in [4.69, 9.17) is 9.47 Å². The summed E-state index contributed by atoms with van der Waals surface area (Å²) in [6.07, 6.45) is 4.98. The van der Waals surface area contributed by atoms with E-state index in [2.05, 4.69) is 21.0 Å². The summed E-state index contributed by atoms with van der Waals surface area (Å²) < 4.78 is 14.0. The molecule has 0 saturated heterocycles. The number of carbonyl (C=O) groups excluding carboxylic acids is 1. The minimum atomic E-state index is -0.0807. The molecule has 0 radical (unpaired) electrons. The highest BCUT2D eigenvalue weighted by Gasteiger charge is 2.09. The molecule has 5 nitrogen and oxygen atoms in total. The Bertz CT molecular complexity index is 978. The maximum atomic E-state index is 12.4. The van der Waals surface area contributed by atoms with E-state index in [-0.39, 0.29) is 5.78 Å². The van der Waals surface area contributed by atoms with E-state index >= 15 is 0 Å². The van der Waals surface area contributed by atoms with Gasteiger partial charge in [0.25, 0.3) is 0 Å². The molecule has 6 heteroatoms. The molecule has 0 fully saturated rings. The van der Waals surface area contributed by atoms with Gasteiger partial charge in [-0.3, -0.25) is 9.48 Å². The molecule has 0 unspecified atom stereocenters. The Morgan fingerprint density at radius 2 is 1.96 bits per heavy atom. The number of nitrogens with zero attached hydrogens (tertiary/aromatic N) is 2. The zero-order valence-electron chi connectivity index (χ0n) is 15.8. The molecule has 0 amide bonds. The third kappa shape index (κ3) is 4.89. The Labute approximate surface area is 172 Å². The van der Waals surface area contributed by atoms with Crippen molar-refractivity contribution in [2.24, 2.45) is 0 Å². The number of methoxy groups -OCH3 is 1. The number of hydrogen-bond donors (Lipinski definition) is 0. The first-order valence-electron chi connectivity index (χ1n) is 8.90. The fraction of sp³-hybridized carbons (Fsp3) is 0.182. The number of hydrogen-bond acceptors (Lipinski definition) is 4. The zero-order chi connectivity index (χ0) is 19.9. The van der Waals surface area contributed by atoms with Gasteiger partial charge in [0, 0.05) is 22.8 Å². The highest BCUT2D eigenvalue weighted by Crippen LogP contribution is 2.24. The molecule has 1 heterocycles. The highest BCUT2D eigenvalue weighted by atomic mass is 79.9. The number of ketones is 1. The monoisotopic (exact) mass is 440 g/mol. The molecule has 3 rings (SSSR count). The predicted molar refractivity (Wildman–Crippen MR) is 113 cm³/mol. The van der Waals surface area contributed by atoms with Gasteiger partial charge in [-0.25, -0.2) is 0 Å². The van der Waals surface area contributed by atoms with Crippen LogP contribution in [0.25, 0.3) is 6.08 Å². The van der Waals surface area contributed by atoms with Crippen molar-refractivity contribution in [3.8, 4) is 11.5 Å². The first-order valence-corrected chi connectivity index (χ1v) is 9.69.